The van der Waals surface area contributed by atoms with Crippen LogP contribution in [0.1, 0.15) is 16.7 Å². The fourth-order valence-electron chi connectivity index (χ4n) is 2.76. The molecule has 110 valence electrons. The van der Waals surface area contributed by atoms with Crippen molar-refractivity contribution >= 4 is 21.4 Å². The number of nitrogens with zero attached hydrogens (tertiary/aromatic N) is 1. The van der Waals surface area contributed by atoms with E-state index in [9.17, 15) is 8.42 Å². The molecule has 0 bridgehead atoms. The van der Waals surface area contributed by atoms with Crippen molar-refractivity contribution in [2.75, 3.05) is 16.6 Å². The Morgan fingerprint density at radius 1 is 1.10 bits per heavy atom. The third-order valence-corrected chi connectivity index (χ3v) is 5.96. The normalized spacial score (nSPS) is 14.3. The molecular formula is C16H18N2O2S. The van der Waals surface area contributed by atoms with Crippen molar-refractivity contribution in [3.63, 3.8) is 0 Å². The van der Waals surface area contributed by atoms with Crippen molar-refractivity contribution in [2.24, 2.45) is 0 Å². The highest BCUT2D eigenvalue weighted by Crippen LogP contribution is 2.36. The summed E-state index contributed by atoms with van der Waals surface area (Å²) in [5.41, 5.74) is 10.1. The number of sulfonamides is 1. The van der Waals surface area contributed by atoms with E-state index >= 15 is 0 Å². The lowest BCUT2D eigenvalue weighted by atomic mass is 10.1. The summed E-state index contributed by atoms with van der Waals surface area (Å²) in [5, 5.41) is 0. The molecular weight excluding hydrogens is 284 g/mol. The molecule has 2 aromatic rings. The van der Waals surface area contributed by atoms with E-state index in [1.165, 1.54) is 4.31 Å². The molecule has 0 fully saturated rings. The first-order valence-electron chi connectivity index (χ1n) is 6.88. The molecule has 2 N–H and O–H groups in total. The van der Waals surface area contributed by atoms with Gasteiger partial charge >= 0.3 is 0 Å². The molecule has 0 aliphatic carbocycles. The van der Waals surface area contributed by atoms with Crippen molar-refractivity contribution in [1.82, 2.24) is 0 Å². The van der Waals surface area contributed by atoms with Gasteiger partial charge in [0.2, 0.25) is 0 Å². The zero-order valence-corrected chi connectivity index (χ0v) is 12.9. The Hall–Kier alpha value is -2.01. The smallest absolute Gasteiger partial charge is 0.264 e. The van der Waals surface area contributed by atoms with Gasteiger partial charge in [-0.3, -0.25) is 4.31 Å². The van der Waals surface area contributed by atoms with E-state index in [4.69, 9.17) is 5.73 Å². The predicted octanol–water partition coefficient (Wildman–Crippen LogP) is 2.64. The van der Waals surface area contributed by atoms with Crippen LogP contribution in [0.2, 0.25) is 0 Å². The molecule has 0 amide bonds. The summed E-state index contributed by atoms with van der Waals surface area (Å²) in [6.45, 7) is 4.22. The van der Waals surface area contributed by atoms with Crippen LogP contribution in [0.25, 0.3) is 0 Å². The van der Waals surface area contributed by atoms with Gasteiger partial charge in [-0.05, 0) is 49.1 Å². The van der Waals surface area contributed by atoms with E-state index in [-0.39, 0.29) is 0 Å². The molecule has 0 saturated heterocycles. The number of nitrogen functional groups attached to an aromatic ring is 1. The third kappa shape index (κ3) is 2.17. The lowest BCUT2D eigenvalue weighted by molar-refractivity contribution is 0.591. The first-order chi connectivity index (χ1) is 9.91. The quantitative estimate of drug-likeness (QED) is 0.867. The summed E-state index contributed by atoms with van der Waals surface area (Å²) in [5.74, 6) is 0. The van der Waals surface area contributed by atoms with E-state index in [0.29, 0.717) is 22.8 Å². The van der Waals surface area contributed by atoms with Gasteiger partial charge in [-0.2, -0.15) is 0 Å². The van der Waals surface area contributed by atoms with Crippen LogP contribution in [0, 0.1) is 13.8 Å². The first kappa shape index (κ1) is 13.9. The van der Waals surface area contributed by atoms with Gasteiger partial charge in [-0.25, -0.2) is 8.42 Å². The van der Waals surface area contributed by atoms with Gasteiger partial charge < -0.3 is 5.73 Å². The Kier molecular flexibility index (Phi) is 3.17. The number of hydrogen-bond donors (Lipinski definition) is 1. The van der Waals surface area contributed by atoms with Gasteiger partial charge in [0, 0.05) is 12.2 Å². The van der Waals surface area contributed by atoms with Crippen molar-refractivity contribution in [1.29, 1.82) is 0 Å². The molecule has 0 saturated carbocycles. The zero-order chi connectivity index (χ0) is 15.2. The molecule has 1 heterocycles. The largest absolute Gasteiger partial charge is 0.398 e. The number of hydrogen-bond acceptors (Lipinski definition) is 3. The van der Waals surface area contributed by atoms with Crippen LogP contribution in [-0.4, -0.2) is 15.0 Å². The maximum atomic E-state index is 12.9. The second-order valence-electron chi connectivity index (χ2n) is 5.43. The molecule has 1 aliphatic heterocycles. The van der Waals surface area contributed by atoms with E-state index in [0.717, 1.165) is 23.1 Å². The molecule has 1 aliphatic rings. The van der Waals surface area contributed by atoms with Gasteiger partial charge in [0.15, 0.2) is 0 Å². The minimum atomic E-state index is -3.53. The molecule has 0 spiro atoms. The van der Waals surface area contributed by atoms with E-state index in [2.05, 4.69) is 0 Å². The monoisotopic (exact) mass is 302 g/mol. The Balaban J connectivity index is 2.13. The maximum Gasteiger partial charge on any atom is 0.264 e. The number of fused-ring (bicyclic) bond motifs is 1. The van der Waals surface area contributed by atoms with Gasteiger partial charge in [0.1, 0.15) is 0 Å². The summed E-state index contributed by atoms with van der Waals surface area (Å²) in [6.07, 6.45) is 0.724. The summed E-state index contributed by atoms with van der Waals surface area (Å²) in [6, 6.07) is 10.8. The number of benzene rings is 2. The van der Waals surface area contributed by atoms with Crippen LogP contribution in [0.5, 0.6) is 0 Å². The van der Waals surface area contributed by atoms with E-state index in [1.54, 1.807) is 18.2 Å². The van der Waals surface area contributed by atoms with Crippen molar-refractivity contribution < 1.29 is 8.42 Å². The van der Waals surface area contributed by atoms with Crippen LogP contribution in [0.15, 0.2) is 41.3 Å². The Labute approximate surface area is 125 Å². The number of anilines is 2. The number of nitrogens with two attached hydrogens (primary N) is 1. The van der Waals surface area contributed by atoms with Crippen LogP contribution in [0.4, 0.5) is 11.4 Å². The second-order valence-corrected chi connectivity index (χ2v) is 7.26. The zero-order valence-electron chi connectivity index (χ0n) is 12.1. The maximum absolute atomic E-state index is 12.9. The Morgan fingerprint density at radius 3 is 2.52 bits per heavy atom. The molecule has 21 heavy (non-hydrogen) atoms. The SMILES string of the molecule is Cc1cc2c(cc1N)N(S(=O)(=O)c1ccccc1C)CC2. The van der Waals surface area contributed by atoms with Gasteiger partial charge in [0.25, 0.3) is 10.0 Å². The van der Waals surface area contributed by atoms with Crippen molar-refractivity contribution in [2.45, 2.75) is 25.2 Å². The summed E-state index contributed by atoms with van der Waals surface area (Å²) < 4.78 is 27.3. The molecule has 0 unspecified atom stereocenters. The number of rotatable bonds is 2. The molecule has 0 aromatic heterocycles. The van der Waals surface area contributed by atoms with Gasteiger partial charge in [-0.1, -0.05) is 24.3 Å². The average Bonchev–Trinajstić information content (AvgIpc) is 2.83. The molecule has 3 rings (SSSR count). The summed E-state index contributed by atoms with van der Waals surface area (Å²) in [4.78, 5) is 0.358. The minimum absolute atomic E-state index is 0.358. The van der Waals surface area contributed by atoms with Gasteiger partial charge in [-0.15, -0.1) is 0 Å². The van der Waals surface area contributed by atoms with Crippen molar-refractivity contribution in [3.05, 3.63) is 53.1 Å². The standard InChI is InChI=1S/C16H18N2O2S/c1-11-5-3-4-6-16(11)21(19,20)18-8-7-13-9-12(2)14(17)10-15(13)18/h3-6,9-10H,7-8,17H2,1-2H3. The molecule has 0 radical (unpaired) electrons. The Bertz CT molecular complexity index is 813. The van der Waals surface area contributed by atoms with E-state index < -0.39 is 10.0 Å². The lowest BCUT2D eigenvalue weighted by Crippen LogP contribution is -2.29. The highest BCUT2D eigenvalue weighted by atomic mass is 32.2. The fourth-order valence-corrected chi connectivity index (χ4v) is 4.48. The summed E-state index contributed by atoms with van der Waals surface area (Å²) in [7, 11) is -3.53. The van der Waals surface area contributed by atoms with Crippen LogP contribution < -0.4 is 10.0 Å². The second kappa shape index (κ2) is 4.77. The van der Waals surface area contributed by atoms with Crippen LogP contribution >= 0.6 is 0 Å². The Morgan fingerprint density at radius 2 is 1.81 bits per heavy atom. The first-order valence-corrected chi connectivity index (χ1v) is 8.32. The van der Waals surface area contributed by atoms with Crippen LogP contribution in [0.3, 0.4) is 0 Å². The van der Waals surface area contributed by atoms with E-state index in [1.807, 2.05) is 32.0 Å². The molecule has 2 aromatic carbocycles. The third-order valence-electron chi connectivity index (χ3n) is 3.98. The highest BCUT2D eigenvalue weighted by Gasteiger charge is 2.32. The average molecular weight is 302 g/mol. The number of aryl methyl sites for hydroxylation is 2. The highest BCUT2D eigenvalue weighted by molar-refractivity contribution is 7.93. The predicted molar refractivity (Wildman–Crippen MR) is 85.0 cm³/mol. The molecule has 0 atom stereocenters. The lowest BCUT2D eigenvalue weighted by Gasteiger charge is -2.21. The van der Waals surface area contributed by atoms with Crippen LogP contribution in [-0.2, 0) is 16.4 Å². The minimum Gasteiger partial charge on any atom is -0.398 e. The fraction of sp³-hybridized carbons (Fsp3) is 0.250. The molecule has 4 nitrogen and oxygen atoms in total. The topological polar surface area (TPSA) is 63.4 Å². The molecule has 5 heteroatoms. The van der Waals surface area contributed by atoms with Gasteiger partial charge in [0.05, 0.1) is 10.6 Å². The summed E-state index contributed by atoms with van der Waals surface area (Å²) >= 11 is 0. The van der Waals surface area contributed by atoms with Crippen molar-refractivity contribution in [3.8, 4) is 0 Å².